The molecule has 0 saturated carbocycles. The zero-order valence-corrected chi connectivity index (χ0v) is 14.0. The fourth-order valence-corrected chi connectivity index (χ4v) is 3.78. The minimum atomic E-state index is -0.0327. The highest BCUT2D eigenvalue weighted by Gasteiger charge is 2.24. The Morgan fingerprint density at radius 2 is 2.26 bits per heavy atom. The number of hydrogen-bond donors (Lipinski definition) is 1. The molecule has 1 amide bonds. The van der Waals surface area contributed by atoms with E-state index >= 15 is 0 Å². The fourth-order valence-electron chi connectivity index (χ4n) is 2.73. The highest BCUT2D eigenvalue weighted by Crippen LogP contribution is 2.25. The number of anilines is 1. The van der Waals surface area contributed by atoms with Crippen LogP contribution in [-0.2, 0) is 4.79 Å². The Morgan fingerprint density at radius 3 is 3.00 bits per heavy atom. The van der Waals surface area contributed by atoms with E-state index in [0.29, 0.717) is 24.0 Å². The molecular weight excluding hydrogens is 310 g/mol. The molecule has 0 spiro atoms. The monoisotopic (exact) mass is 331 g/mol. The van der Waals surface area contributed by atoms with E-state index in [9.17, 15) is 4.79 Å². The number of amides is 1. The minimum absolute atomic E-state index is 0.0327. The Bertz CT molecular complexity index is 644. The van der Waals surface area contributed by atoms with Gasteiger partial charge in [0.1, 0.15) is 5.76 Å². The van der Waals surface area contributed by atoms with Gasteiger partial charge in [0.15, 0.2) is 5.82 Å². The zero-order chi connectivity index (χ0) is 16.1. The van der Waals surface area contributed by atoms with Gasteiger partial charge in [-0.25, -0.2) is 0 Å². The van der Waals surface area contributed by atoms with Crippen LogP contribution in [0.1, 0.15) is 12.2 Å². The van der Waals surface area contributed by atoms with Crippen LogP contribution >= 0.6 is 11.8 Å². The van der Waals surface area contributed by atoms with Crippen LogP contribution in [0.25, 0.3) is 0 Å². The largest absolute Gasteiger partial charge is 0.360 e. The molecule has 0 aliphatic carbocycles. The van der Waals surface area contributed by atoms with Crippen molar-refractivity contribution in [2.24, 2.45) is 5.92 Å². The van der Waals surface area contributed by atoms with Crippen molar-refractivity contribution in [1.82, 2.24) is 10.1 Å². The van der Waals surface area contributed by atoms with E-state index in [1.165, 1.54) is 4.90 Å². The maximum atomic E-state index is 12.0. The van der Waals surface area contributed by atoms with Gasteiger partial charge in [0, 0.05) is 23.3 Å². The first-order valence-electron chi connectivity index (χ1n) is 7.82. The molecule has 1 N–H and O–H groups in total. The van der Waals surface area contributed by atoms with Crippen molar-refractivity contribution in [2.45, 2.75) is 18.2 Å². The second-order valence-corrected chi connectivity index (χ2v) is 6.98. The summed E-state index contributed by atoms with van der Waals surface area (Å²) in [5.41, 5.74) is 0. The van der Waals surface area contributed by atoms with Gasteiger partial charge in [0.2, 0.25) is 5.91 Å². The van der Waals surface area contributed by atoms with E-state index in [1.807, 2.05) is 17.8 Å². The highest BCUT2D eigenvalue weighted by atomic mass is 32.2. The average molecular weight is 331 g/mol. The summed E-state index contributed by atoms with van der Waals surface area (Å²) in [6.07, 6.45) is 1.15. The standard InChI is InChI=1S/C17H21N3O2S/c1-13-9-16(19-22-13)18-17(21)11-20-8-7-14(10-20)12-23-15-5-3-2-4-6-15/h2-6,9,14H,7-8,10-12H2,1H3,(H,18,19,21). The topological polar surface area (TPSA) is 58.4 Å². The summed E-state index contributed by atoms with van der Waals surface area (Å²) in [6, 6.07) is 12.2. The predicted molar refractivity (Wildman–Crippen MR) is 91.6 cm³/mol. The van der Waals surface area contributed by atoms with Gasteiger partial charge in [-0.05, 0) is 37.9 Å². The molecule has 2 aromatic rings. The summed E-state index contributed by atoms with van der Waals surface area (Å²) in [6.45, 7) is 4.17. The van der Waals surface area contributed by atoms with Gasteiger partial charge < -0.3 is 9.84 Å². The molecule has 1 aromatic carbocycles. The van der Waals surface area contributed by atoms with Crippen LogP contribution in [-0.4, -0.2) is 41.4 Å². The summed E-state index contributed by atoms with van der Waals surface area (Å²) in [5.74, 6) is 2.89. The number of aromatic nitrogens is 1. The molecule has 1 saturated heterocycles. The van der Waals surface area contributed by atoms with Crippen molar-refractivity contribution in [3.8, 4) is 0 Å². The van der Waals surface area contributed by atoms with E-state index in [1.54, 1.807) is 13.0 Å². The van der Waals surface area contributed by atoms with Crippen molar-refractivity contribution in [3.05, 3.63) is 42.2 Å². The Labute approximate surface area is 140 Å². The number of carbonyl (C=O) groups excluding carboxylic acids is 1. The van der Waals surface area contributed by atoms with Crippen molar-refractivity contribution in [1.29, 1.82) is 0 Å². The third-order valence-corrected chi connectivity index (χ3v) is 5.11. The molecule has 1 aliphatic heterocycles. The minimum Gasteiger partial charge on any atom is -0.360 e. The molecular formula is C17H21N3O2S. The lowest BCUT2D eigenvalue weighted by molar-refractivity contribution is -0.117. The van der Waals surface area contributed by atoms with Gasteiger partial charge in [0.05, 0.1) is 6.54 Å². The first-order chi connectivity index (χ1) is 11.2. The fraction of sp³-hybridized carbons (Fsp3) is 0.412. The number of carbonyl (C=O) groups is 1. The quantitative estimate of drug-likeness (QED) is 0.825. The number of rotatable bonds is 6. The second-order valence-electron chi connectivity index (χ2n) is 5.88. The molecule has 1 aliphatic rings. The molecule has 23 heavy (non-hydrogen) atoms. The van der Waals surface area contributed by atoms with Gasteiger partial charge in [0.25, 0.3) is 0 Å². The van der Waals surface area contributed by atoms with Crippen molar-refractivity contribution >= 4 is 23.5 Å². The Kier molecular flexibility index (Phi) is 5.35. The summed E-state index contributed by atoms with van der Waals surface area (Å²) < 4.78 is 4.95. The molecule has 1 unspecified atom stereocenters. The van der Waals surface area contributed by atoms with Gasteiger partial charge in [-0.1, -0.05) is 23.4 Å². The highest BCUT2D eigenvalue weighted by molar-refractivity contribution is 7.99. The molecule has 0 radical (unpaired) electrons. The van der Waals surface area contributed by atoms with Gasteiger partial charge in [-0.15, -0.1) is 11.8 Å². The van der Waals surface area contributed by atoms with Crippen molar-refractivity contribution in [2.75, 3.05) is 30.7 Å². The lowest BCUT2D eigenvalue weighted by Crippen LogP contribution is -2.31. The lowest BCUT2D eigenvalue weighted by atomic mass is 10.2. The zero-order valence-electron chi connectivity index (χ0n) is 13.2. The van der Waals surface area contributed by atoms with E-state index in [0.717, 1.165) is 25.3 Å². The number of likely N-dealkylation sites (tertiary alicyclic amines) is 1. The van der Waals surface area contributed by atoms with E-state index in [-0.39, 0.29) is 5.91 Å². The lowest BCUT2D eigenvalue weighted by Gasteiger charge is -2.15. The van der Waals surface area contributed by atoms with E-state index < -0.39 is 0 Å². The Balaban J connectivity index is 1.40. The number of hydrogen-bond acceptors (Lipinski definition) is 5. The number of nitrogens with zero attached hydrogens (tertiary/aromatic N) is 2. The first-order valence-corrected chi connectivity index (χ1v) is 8.81. The average Bonchev–Trinajstić information content (AvgIpc) is 3.15. The number of thioether (sulfide) groups is 1. The summed E-state index contributed by atoms with van der Waals surface area (Å²) >= 11 is 1.89. The van der Waals surface area contributed by atoms with Crippen LogP contribution in [0.3, 0.4) is 0 Å². The summed E-state index contributed by atoms with van der Waals surface area (Å²) in [5, 5.41) is 6.55. The molecule has 2 heterocycles. The SMILES string of the molecule is Cc1cc(NC(=O)CN2CCC(CSc3ccccc3)C2)no1. The van der Waals surface area contributed by atoms with Crippen molar-refractivity contribution in [3.63, 3.8) is 0 Å². The summed E-state index contributed by atoms with van der Waals surface area (Å²) in [4.78, 5) is 15.5. The van der Waals surface area contributed by atoms with Crippen molar-refractivity contribution < 1.29 is 9.32 Å². The number of aryl methyl sites for hydroxylation is 1. The predicted octanol–water partition coefficient (Wildman–Crippen LogP) is 3.04. The Morgan fingerprint density at radius 1 is 1.43 bits per heavy atom. The smallest absolute Gasteiger partial charge is 0.239 e. The van der Waals surface area contributed by atoms with Crippen LogP contribution in [0.2, 0.25) is 0 Å². The van der Waals surface area contributed by atoms with Gasteiger partial charge >= 0.3 is 0 Å². The third kappa shape index (κ3) is 4.84. The molecule has 0 bridgehead atoms. The first kappa shape index (κ1) is 16.1. The van der Waals surface area contributed by atoms with Crippen LogP contribution in [0.15, 0.2) is 45.8 Å². The van der Waals surface area contributed by atoms with Crippen LogP contribution in [0.4, 0.5) is 5.82 Å². The maximum Gasteiger partial charge on any atom is 0.239 e. The molecule has 1 fully saturated rings. The Hall–Kier alpha value is -1.79. The van der Waals surface area contributed by atoms with Crippen LogP contribution < -0.4 is 5.32 Å². The number of nitrogens with one attached hydrogen (secondary N) is 1. The molecule has 1 atom stereocenters. The van der Waals surface area contributed by atoms with Crippen LogP contribution in [0, 0.1) is 12.8 Å². The molecule has 3 rings (SSSR count). The van der Waals surface area contributed by atoms with E-state index in [2.05, 4.69) is 39.6 Å². The van der Waals surface area contributed by atoms with E-state index in [4.69, 9.17) is 4.52 Å². The molecule has 5 nitrogen and oxygen atoms in total. The molecule has 6 heteroatoms. The van der Waals surface area contributed by atoms with Gasteiger partial charge in [-0.2, -0.15) is 0 Å². The second kappa shape index (κ2) is 7.66. The van der Waals surface area contributed by atoms with Crippen LogP contribution in [0.5, 0.6) is 0 Å². The number of benzene rings is 1. The van der Waals surface area contributed by atoms with Gasteiger partial charge in [-0.3, -0.25) is 9.69 Å². The normalized spacial score (nSPS) is 18.2. The summed E-state index contributed by atoms with van der Waals surface area (Å²) in [7, 11) is 0. The molecule has 1 aromatic heterocycles. The maximum absolute atomic E-state index is 12.0. The third-order valence-electron chi connectivity index (χ3n) is 3.86. The molecule has 122 valence electrons.